The highest BCUT2D eigenvalue weighted by Gasteiger charge is 2.33. The molecule has 0 aliphatic heterocycles. The molecule has 0 amide bonds. The van der Waals surface area contributed by atoms with Gasteiger partial charge in [0, 0.05) is 12.7 Å². The molecule has 1 aromatic rings. The van der Waals surface area contributed by atoms with E-state index in [1.54, 1.807) is 6.20 Å². The van der Waals surface area contributed by atoms with Gasteiger partial charge in [-0.15, -0.1) is 0 Å². The van der Waals surface area contributed by atoms with Gasteiger partial charge in [-0.3, -0.25) is 9.48 Å². The van der Waals surface area contributed by atoms with Crippen molar-refractivity contribution < 1.29 is 9.53 Å². The first-order chi connectivity index (χ1) is 9.01. The Labute approximate surface area is 122 Å². The molecule has 5 nitrogen and oxygen atoms in total. The van der Waals surface area contributed by atoms with E-state index in [0.29, 0.717) is 19.6 Å². The lowest BCUT2D eigenvalue weighted by Crippen LogP contribution is -2.51. The summed E-state index contributed by atoms with van der Waals surface area (Å²) in [7, 11) is 0. The third-order valence-electron chi connectivity index (χ3n) is 2.93. The molecular weight excluding hydrogens is 310 g/mol. The number of aryl methyl sites for hydroxylation is 1. The number of carbonyl (C=O) groups is 1. The number of nitrogens with zero attached hydrogens (tertiary/aromatic N) is 2. The van der Waals surface area contributed by atoms with E-state index in [1.807, 2.05) is 24.7 Å². The van der Waals surface area contributed by atoms with Crippen molar-refractivity contribution in [2.45, 2.75) is 45.7 Å². The van der Waals surface area contributed by atoms with Gasteiger partial charge in [0.25, 0.3) is 0 Å². The zero-order chi connectivity index (χ0) is 14.3. The summed E-state index contributed by atoms with van der Waals surface area (Å²) in [5.74, 6) is -0.199. The van der Waals surface area contributed by atoms with Gasteiger partial charge in [0.1, 0.15) is 5.54 Å². The predicted molar refractivity (Wildman–Crippen MR) is 77.9 cm³/mol. The van der Waals surface area contributed by atoms with Crippen molar-refractivity contribution in [2.75, 3.05) is 13.2 Å². The highest BCUT2D eigenvalue weighted by molar-refractivity contribution is 9.10. The molecule has 1 rings (SSSR count). The molecule has 108 valence electrons. The molecule has 1 atom stereocenters. The number of aromatic nitrogens is 2. The van der Waals surface area contributed by atoms with Crippen LogP contribution in [-0.4, -0.2) is 34.4 Å². The maximum atomic E-state index is 12.1. The minimum atomic E-state index is -0.662. The predicted octanol–water partition coefficient (Wildman–Crippen LogP) is 2.36. The molecule has 0 aliphatic rings. The molecule has 1 unspecified atom stereocenters. The van der Waals surface area contributed by atoms with Crippen molar-refractivity contribution in [1.82, 2.24) is 15.1 Å². The van der Waals surface area contributed by atoms with Gasteiger partial charge in [-0.05, 0) is 49.2 Å². The third kappa shape index (κ3) is 4.95. The smallest absolute Gasteiger partial charge is 0.326 e. The van der Waals surface area contributed by atoms with Crippen molar-refractivity contribution in [2.24, 2.45) is 0 Å². The summed E-state index contributed by atoms with van der Waals surface area (Å²) < 4.78 is 7.91. The first kappa shape index (κ1) is 16.2. The molecule has 0 saturated heterocycles. The molecule has 0 saturated carbocycles. The number of rotatable bonds is 8. The second-order valence-corrected chi connectivity index (χ2v) is 5.57. The van der Waals surface area contributed by atoms with Crippen LogP contribution in [0.15, 0.2) is 16.9 Å². The number of nitrogens with one attached hydrogen (secondary N) is 1. The Kier molecular flexibility index (Phi) is 6.51. The van der Waals surface area contributed by atoms with Crippen LogP contribution in [0.2, 0.25) is 0 Å². The van der Waals surface area contributed by atoms with Gasteiger partial charge in [0.05, 0.1) is 17.3 Å². The fourth-order valence-corrected chi connectivity index (χ4v) is 2.08. The Morgan fingerprint density at radius 3 is 2.84 bits per heavy atom. The van der Waals surface area contributed by atoms with Crippen molar-refractivity contribution in [3.05, 3.63) is 16.9 Å². The average molecular weight is 332 g/mol. The highest BCUT2D eigenvalue weighted by atomic mass is 79.9. The minimum absolute atomic E-state index is 0.199. The summed E-state index contributed by atoms with van der Waals surface area (Å²) in [4.78, 5) is 12.1. The molecule has 0 radical (unpaired) electrons. The van der Waals surface area contributed by atoms with Crippen LogP contribution in [0.25, 0.3) is 0 Å². The summed E-state index contributed by atoms with van der Waals surface area (Å²) >= 11 is 3.36. The molecule has 1 N–H and O–H groups in total. The topological polar surface area (TPSA) is 56.2 Å². The van der Waals surface area contributed by atoms with Gasteiger partial charge in [-0.25, -0.2) is 0 Å². The summed E-state index contributed by atoms with van der Waals surface area (Å²) in [6.07, 6.45) is 5.24. The van der Waals surface area contributed by atoms with Gasteiger partial charge < -0.3 is 10.1 Å². The fourth-order valence-electron chi connectivity index (χ4n) is 1.75. The van der Waals surface area contributed by atoms with Crippen molar-refractivity contribution >= 4 is 21.9 Å². The van der Waals surface area contributed by atoms with Gasteiger partial charge in [-0.2, -0.15) is 5.10 Å². The molecule has 0 aliphatic carbocycles. The Morgan fingerprint density at radius 2 is 2.32 bits per heavy atom. The zero-order valence-corrected chi connectivity index (χ0v) is 13.4. The molecule has 1 heterocycles. The van der Waals surface area contributed by atoms with E-state index in [2.05, 4.69) is 33.3 Å². The molecule has 1 aromatic heterocycles. The number of ether oxygens (including phenoxy) is 1. The number of halogens is 1. The second-order valence-electron chi connectivity index (χ2n) is 4.65. The van der Waals surface area contributed by atoms with E-state index >= 15 is 0 Å². The molecule has 0 fully saturated rings. The van der Waals surface area contributed by atoms with Crippen LogP contribution in [0.4, 0.5) is 0 Å². The van der Waals surface area contributed by atoms with Crippen LogP contribution in [0.1, 0.15) is 33.6 Å². The molecule has 0 aromatic carbocycles. The molecule has 6 heteroatoms. The summed E-state index contributed by atoms with van der Waals surface area (Å²) in [6.45, 7) is 7.64. The number of esters is 1. The van der Waals surface area contributed by atoms with Gasteiger partial charge in [-0.1, -0.05) is 6.92 Å². The van der Waals surface area contributed by atoms with Crippen LogP contribution in [0.3, 0.4) is 0 Å². The van der Waals surface area contributed by atoms with E-state index in [1.165, 1.54) is 0 Å². The lowest BCUT2D eigenvalue weighted by molar-refractivity contribution is -0.151. The standard InChI is InChI=1S/C13H22BrN3O2/c1-4-7-15-13(3,12(18)19-5-2)6-8-17-10-11(14)9-16-17/h9-10,15H,4-8H2,1-3H3. The highest BCUT2D eigenvalue weighted by Crippen LogP contribution is 2.15. The Morgan fingerprint density at radius 1 is 1.58 bits per heavy atom. The van der Waals surface area contributed by atoms with Gasteiger partial charge >= 0.3 is 5.97 Å². The number of hydrogen-bond donors (Lipinski definition) is 1. The second kappa shape index (κ2) is 7.65. The van der Waals surface area contributed by atoms with Crippen molar-refractivity contribution in [3.8, 4) is 0 Å². The van der Waals surface area contributed by atoms with E-state index in [0.717, 1.165) is 17.4 Å². The normalized spacial score (nSPS) is 14.1. The quantitative estimate of drug-likeness (QED) is 0.743. The monoisotopic (exact) mass is 331 g/mol. The lowest BCUT2D eigenvalue weighted by atomic mass is 9.97. The van der Waals surface area contributed by atoms with E-state index < -0.39 is 5.54 Å². The maximum Gasteiger partial charge on any atom is 0.326 e. The molecular formula is C13H22BrN3O2. The van der Waals surface area contributed by atoms with Crippen LogP contribution >= 0.6 is 15.9 Å². The molecule has 0 bridgehead atoms. The van der Waals surface area contributed by atoms with Crippen LogP contribution < -0.4 is 5.32 Å². The zero-order valence-electron chi connectivity index (χ0n) is 11.8. The first-order valence-electron chi connectivity index (χ1n) is 6.62. The fraction of sp³-hybridized carbons (Fsp3) is 0.692. The summed E-state index contributed by atoms with van der Waals surface area (Å²) in [5.41, 5.74) is -0.662. The van der Waals surface area contributed by atoms with Crippen LogP contribution in [0.5, 0.6) is 0 Å². The van der Waals surface area contributed by atoms with Crippen LogP contribution in [0, 0.1) is 0 Å². The van der Waals surface area contributed by atoms with Gasteiger partial charge in [0.2, 0.25) is 0 Å². The number of hydrogen-bond acceptors (Lipinski definition) is 4. The van der Waals surface area contributed by atoms with E-state index in [9.17, 15) is 4.79 Å². The number of carbonyl (C=O) groups excluding carboxylic acids is 1. The third-order valence-corrected chi connectivity index (χ3v) is 3.34. The minimum Gasteiger partial charge on any atom is -0.465 e. The summed E-state index contributed by atoms with van der Waals surface area (Å²) in [6, 6.07) is 0. The Hall–Kier alpha value is -0.880. The maximum absolute atomic E-state index is 12.1. The van der Waals surface area contributed by atoms with Crippen molar-refractivity contribution in [3.63, 3.8) is 0 Å². The first-order valence-corrected chi connectivity index (χ1v) is 7.41. The molecule has 0 spiro atoms. The lowest BCUT2D eigenvalue weighted by Gasteiger charge is -2.28. The van der Waals surface area contributed by atoms with E-state index in [4.69, 9.17) is 4.74 Å². The SMILES string of the molecule is CCCNC(C)(CCn1cc(Br)cn1)C(=O)OCC. The average Bonchev–Trinajstić information content (AvgIpc) is 2.80. The van der Waals surface area contributed by atoms with Crippen molar-refractivity contribution in [1.29, 1.82) is 0 Å². The molecule has 19 heavy (non-hydrogen) atoms. The van der Waals surface area contributed by atoms with Crippen LogP contribution in [-0.2, 0) is 16.1 Å². The Balaban J connectivity index is 2.65. The largest absolute Gasteiger partial charge is 0.465 e. The van der Waals surface area contributed by atoms with E-state index in [-0.39, 0.29) is 5.97 Å². The Bertz CT molecular complexity index is 408. The summed E-state index contributed by atoms with van der Waals surface area (Å²) in [5, 5.41) is 7.47. The van der Waals surface area contributed by atoms with Gasteiger partial charge in [0.15, 0.2) is 0 Å².